The van der Waals surface area contributed by atoms with Crippen molar-refractivity contribution in [2.45, 2.75) is 97.5 Å². The molecule has 0 aliphatic heterocycles. The van der Waals surface area contributed by atoms with Crippen LogP contribution in [-0.4, -0.2) is 70.7 Å². The maximum absolute atomic E-state index is 13.0. The summed E-state index contributed by atoms with van der Waals surface area (Å²) in [6, 6.07) is -3.93. The van der Waals surface area contributed by atoms with Crippen LogP contribution in [-0.2, 0) is 19.2 Å². The Bertz CT molecular complexity index is 670. The lowest BCUT2D eigenvalue weighted by atomic mass is 9.97. The summed E-state index contributed by atoms with van der Waals surface area (Å²) in [4.78, 5) is 49.9. The zero-order valence-corrected chi connectivity index (χ0v) is 21.3. The molecule has 0 saturated carbocycles. The van der Waals surface area contributed by atoms with Gasteiger partial charge in [-0.1, -0.05) is 41.5 Å². The fourth-order valence-corrected chi connectivity index (χ4v) is 3.43. The van der Waals surface area contributed by atoms with E-state index in [0.29, 0.717) is 25.8 Å². The Hall–Kier alpha value is -2.24. The van der Waals surface area contributed by atoms with Crippen molar-refractivity contribution >= 4 is 23.7 Å². The molecule has 0 radical (unpaired) electrons. The third-order valence-corrected chi connectivity index (χ3v) is 5.47. The number of nitrogens with one attached hydrogen (secondary N) is 3. The minimum atomic E-state index is -1.48. The summed E-state index contributed by atoms with van der Waals surface area (Å²) in [6.07, 6.45) is 0.335. The number of carbonyl (C=O) groups is 4. The normalized spacial score (nSPS) is 16.0. The van der Waals surface area contributed by atoms with Crippen LogP contribution in [0.5, 0.6) is 0 Å². The quantitative estimate of drug-likeness (QED) is 0.144. The lowest BCUT2D eigenvalue weighted by Gasteiger charge is -2.29. The fourth-order valence-electron chi connectivity index (χ4n) is 3.43. The summed E-state index contributed by atoms with van der Waals surface area (Å²) in [7, 11) is 0. The second-order valence-electron chi connectivity index (χ2n) is 9.88. The Balaban J connectivity index is 5.34. The zero-order chi connectivity index (χ0) is 26.6. The van der Waals surface area contributed by atoms with Gasteiger partial charge in [-0.25, -0.2) is 4.79 Å². The number of amides is 3. The van der Waals surface area contributed by atoms with Gasteiger partial charge >= 0.3 is 5.97 Å². The molecule has 0 aromatic heterocycles. The van der Waals surface area contributed by atoms with E-state index in [0.717, 1.165) is 0 Å². The van der Waals surface area contributed by atoms with Gasteiger partial charge in [0.1, 0.15) is 24.2 Å². The average molecular weight is 488 g/mol. The van der Waals surface area contributed by atoms with Gasteiger partial charge in [0.2, 0.25) is 11.8 Å². The Morgan fingerprint density at radius 3 is 1.68 bits per heavy atom. The summed E-state index contributed by atoms with van der Waals surface area (Å²) in [6.45, 7) is 11.1. The van der Waals surface area contributed by atoms with Crippen LogP contribution in [0, 0.1) is 17.8 Å². The number of hydrogen-bond donors (Lipinski definition) is 7. The molecule has 11 nitrogen and oxygen atoms in total. The first-order chi connectivity index (χ1) is 15.7. The summed E-state index contributed by atoms with van der Waals surface area (Å²) in [5.41, 5.74) is 11.3. The van der Waals surface area contributed by atoms with Crippen LogP contribution in [0.2, 0.25) is 0 Å². The Morgan fingerprint density at radius 2 is 1.26 bits per heavy atom. The fraction of sp³-hybridized carbons (Fsp3) is 0.826. The van der Waals surface area contributed by atoms with E-state index in [9.17, 15) is 29.4 Å². The molecule has 34 heavy (non-hydrogen) atoms. The number of carboxylic acids is 1. The minimum absolute atomic E-state index is 0.178. The van der Waals surface area contributed by atoms with E-state index >= 15 is 0 Å². The number of aliphatic hydroxyl groups excluding tert-OH is 1. The van der Waals surface area contributed by atoms with E-state index in [1.165, 1.54) is 0 Å². The van der Waals surface area contributed by atoms with Crippen molar-refractivity contribution in [2.24, 2.45) is 29.2 Å². The number of aliphatic hydroxyl groups is 1. The van der Waals surface area contributed by atoms with Crippen molar-refractivity contribution in [2.75, 3.05) is 6.54 Å². The molecule has 0 saturated heterocycles. The van der Waals surface area contributed by atoms with Gasteiger partial charge in [-0.05, 0) is 50.0 Å². The van der Waals surface area contributed by atoms with E-state index < -0.39 is 54.0 Å². The van der Waals surface area contributed by atoms with Crippen LogP contribution in [0.1, 0.15) is 67.2 Å². The molecule has 0 spiro atoms. The van der Waals surface area contributed by atoms with Gasteiger partial charge in [0.25, 0.3) is 5.91 Å². The minimum Gasteiger partial charge on any atom is -0.480 e. The molecular weight excluding hydrogens is 442 g/mol. The molecule has 0 aromatic rings. The molecule has 0 aliphatic carbocycles. The molecule has 9 N–H and O–H groups in total. The predicted molar refractivity (Wildman–Crippen MR) is 129 cm³/mol. The Morgan fingerprint density at radius 1 is 0.794 bits per heavy atom. The van der Waals surface area contributed by atoms with Gasteiger partial charge < -0.3 is 37.6 Å². The molecule has 0 bridgehead atoms. The zero-order valence-electron chi connectivity index (χ0n) is 21.3. The summed E-state index contributed by atoms with van der Waals surface area (Å²) >= 11 is 0. The van der Waals surface area contributed by atoms with Crippen LogP contribution < -0.4 is 27.4 Å². The Kier molecular flexibility index (Phi) is 14.6. The van der Waals surface area contributed by atoms with Gasteiger partial charge in [-0.2, -0.15) is 0 Å². The summed E-state index contributed by atoms with van der Waals surface area (Å²) in [5, 5.41) is 27.3. The van der Waals surface area contributed by atoms with E-state index in [1.807, 2.05) is 13.8 Å². The number of carbonyl (C=O) groups excluding carboxylic acids is 3. The van der Waals surface area contributed by atoms with Crippen LogP contribution in [0.4, 0.5) is 0 Å². The number of unbranched alkanes of at least 4 members (excludes halogenated alkanes) is 1. The maximum atomic E-state index is 13.0. The first-order valence-electron chi connectivity index (χ1n) is 12.0. The molecule has 5 atom stereocenters. The standard InChI is InChI=1S/C23H45N5O6/c1-12(2)11-15(25)19(29)22(32)28-18(14(5)6)21(31)27-17(13(3)4)20(30)26-16(23(33)34)9-7-8-10-24/h12-19,29H,7-11,24-25H2,1-6H3,(H,26,30)(H,27,31)(H,28,32)(H,33,34). The highest BCUT2D eigenvalue weighted by atomic mass is 16.4. The number of carboxylic acid groups (broad SMARTS) is 1. The van der Waals surface area contributed by atoms with Gasteiger partial charge in [0.05, 0.1) is 0 Å². The molecule has 0 aliphatic rings. The topological polar surface area (TPSA) is 197 Å². The smallest absolute Gasteiger partial charge is 0.326 e. The van der Waals surface area contributed by atoms with E-state index in [-0.39, 0.29) is 24.2 Å². The van der Waals surface area contributed by atoms with Crippen molar-refractivity contribution in [1.29, 1.82) is 0 Å². The molecule has 5 unspecified atom stereocenters. The molecule has 0 rings (SSSR count). The van der Waals surface area contributed by atoms with E-state index in [4.69, 9.17) is 11.5 Å². The summed E-state index contributed by atoms with van der Waals surface area (Å²) in [5.74, 6) is -3.70. The maximum Gasteiger partial charge on any atom is 0.326 e. The molecular formula is C23H45N5O6. The van der Waals surface area contributed by atoms with Crippen LogP contribution in [0.25, 0.3) is 0 Å². The Labute approximate surface area is 202 Å². The molecule has 3 amide bonds. The SMILES string of the molecule is CC(C)CC(N)C(O)C(=O)NC(C(=O)NC(C(=O)NC(CCCCN)C(=O)O)C(C)C)C(C)C. The highest BCUT2D eigenvalue weighted by Gasteiger charge is 2.34. The van der Waals surface area contributed by atoms with Gasteiger partial charge in [-0.3, -0.25) is 14.4 Å². The predicted octanol–water partition coefficient (Wildman–Crippen LogP) is -0.299. The van der Waals surface area contributed by atoms with Crippen molar-refractivity contribution in [3.63, 3.8) is 0 Å². The monoisotopic (exact) mass is 487 g/mol. The van der Waals surface area contributed by atoms with Gasteiger partial charge in [-0.15, -0.1) is 0 Å². The highest BCUT2D eigenvalue weighted by Crippen LogP contribution is 2.10. The van der Waals surface area contributed by atoms with E-state index in [2.05, 4.69) is 16.0 Å². The van der Waals surface area contributed by atoms with Crippen LogP contribution in [0.15, 0.2) is 0 Å². The van der Waals surface area contributed by atoms with Gasteiger partial charge in [0.15, 0.2) is 0 Å². The average Bonchev–Trinajstić information content (AvgIpc) is 2.72. The first kappa shape index (κ1) is 31.8. The number of aliphatic carboxylic acids is 1. The largest absolute Gasteiger partial charge is 0.480 e. The molecule has 11 heteroatoms. The van der Waals surface area contributed by atoms with Crippen LogP contribution >= 0.6 is 0 Å². The third-order valence-electron chi connectivity index (χ3n) is 5.47. The molecule has 0 aromatic carbocycles. The number of nitrogens with two attached hydrogens (primary N) is 2. The summed E-state index contributed by atoms with van der Waals surface area (Å²) < 4.78 is 0. The second-order valence-corrected chi connectivity index (χ2v) is 9.88. The highest BCUT2D eigenvalue weighted by molar-refractivity contribution is 5.94. The number of hydrogen-bond acceptors (Lipinski definition) is 7. The lowest BCUT2D eigenvalue weighted by Crippen LogP contribution is -2.60. The van der Waals surface area contributed by atoms with E-state index in [1.54, 1.807) is 27.7 Å². The van der Waals surface area contributed by atoms with Gasteiger partial charge in [0, 0.05) is 6.04 Å². The van der Waals surface area contributed by atoms with Crippen LogP contribution in [0.3, 0.4) is 0 Å². The first-order valence-corrected chi connectivity index (χ1v) is 12.0. The second kappa shape index (κ2) is 15.6. The molecule has 0 fully saturated rings. The lowest BCUT2D eigenvalue weighted by molar-refractivity contribution is -0.143. The number of rotatable bonds is 16. The van der Waals surface area contributed by atoms with Crippen molar-refractivity contribution in [3.8, 4) is 0 Å². The van der Waals surface area contributed by atoms with Crippen molar-refractivity contribution in [1.82, 2.24) is 16.0 Å². The molecule has 0 heterocycles. The van der Waals surface area contributed by atoms with Crippen molar-refractivity contribution in [3.05, 3.63) is 0 Å². The third kappa shape index (κ3) is 11.3. The van der Waals surface area contributed by atoms with Crippen molar-refractivity contribution < 1.29 is 29.4 Å². The molecule has 198 valence electrons.